The van der Waals surface area contributed by atoms with E-state index in [2.05, 4.69) is 64.8 Å². The highest BCUT2D eigenvalue weighted by Gasteiger charge is 2.05. The molecule has 0 aliphatic carbocycles. The molecule has 0 unspecified atom stereocenters. The average molecular weight is 318 g/mol. The number of hydrogen-bond acceptors (Lipinski definition) is 4. The van der Waals surface area contributed by atoms with Gasteiger partial charge in [0.15, 0.2) is 0 Å². The van der Waals surface area contributed by atoms with Gasteiger partial charge in [0.25, 0.3) is 0 Å². The monoisotopic (exact) mass is 318 g/mol. The highest BCUT2D eigenvalue weighted by molar-refractivity contribution is 5.59. The average Bonchev–Trinajstić information content (AvgIpc) is 2.56. The van der Waals surface area contributed by atoms with Gasteiger partial charge in [-0.15, -0.1) is 0 Å². The van der Waals surface area contributed by atoms with Gasteiger partial charge in [0.1, 0.15) is 5.82 Å². The Morgan fingerprint density at radius 1 is 0.833 bits per heavy atom. The summed E-state index contributed by atoms with van der Waals surface area (Å²) >= 11 is 0. The fourth-order valence-corrected chi connectivity index (χ4v) is 2.54. The molecular weight excluding hydrogens is 296 g/mol. The fourth-order valence-electron chi connectivity index (χ4n) is 2.54. The van der Waals surface area contributed by atoms with E-state index in [1.165, 1.54) is 11.1 Å². The Morgan fingerprint density at radius 2 is 1.54 bits per heavy atom. The third-order valence-electron chi connectivity index (χ3n) is 3.97. The van der Waals surface area contributed by atoms with Gasteiger partial charge in [-0.1, -0.05) is 42.5 Å². The molecule has 0 spiro atoms. The molecule has 2 aromatic carbocycles. The predicted octanol–water partition coefficient (Wildman–Crippen LogP) is 4.76. The van der Waals surface area contributed by atoms with E-state index in [4.69, 9.17) is 0 Å². The number of aromatic nitrogens is 2. The van der Waals surface area contributed by atoms with Crippen LogP contribution in [0.4, 0.5) is 17.5 Å². The van der Waals surface area contributed by atoms with Crippen LogP contribution in [0.3, 0.4) is 0 Å². The Morgan fingerprint density at radius 3 is 2.29 bits per heavy atom. The lowest BCUT2D eigenvalue weighted by molar-refractivity contribution is 1.05. The zero-order valence-corrected chi connectivity index (χ0v) is 14.3. The van der Waals surface area contributed by atoms with E-state index in [1.807, 2.05) is 31.2 Å². The van der Waals surface area contributed by atoms with Crippen molar-refractivity contribution >= 4 is 17.5 Å². The highest BCUT2D eigenvalue weighted by atomic mass is 15.1. The molecule has 3 rings (SSSR count). The SMILES string of the molecule is Cc1cc(NCc2ccccc2C)nc(Nc2ccccc2C)n1. The van der Waals surface area contributed by atoms with Gasteiger partial charge in [0, 0.05) is 24.0 Å². The van der Waals surface area contributed by atoms with E-state index in [0.29, 0.717) is 5.95 Å². The Labute approximate surface area is 143 Å². The number of nitrogens with zero attached hydrogens (tertiary/aromatic N) is 2. The number of aryl methyl sites for hydroxylation is 3. The van der Waals surface area contributed by atoms with Gasteiger partial charge in [-0.05, 0) is 43.5 Å². The predicted molar refractivity (Wildman–Crippen MR) is 99.7 cm³/mol. The van der Waals surface area contributed by atoms with Crippen molar-refractivity contribution in [2.45, 2.75) is 27.3 Å². The summed E-state index contributed by atoms with van der Waals surface area (Å²) in [6.07, 6.45) is 0. The molecule has 0 fully saturated rings. The summed E-state index contributed by atoms with van der Waals surface area (Å²) in [6, 6.07) is 18.4. The minimum atomic E-state index is 0.608. The summed E-state index contributed by atoms with van der Waals surface area (Å²) in [7, 11) is 0. The third-order valence-corrected chi connectivity index (χ3v) is 3.97. The summed E-state index contributed by atoms with van der Waals surface area (Å²) in [5.74, 6) is 1.43. The maximum absolute atomic E-state index is 4.58. The Balaban J connectivity index is 1.77. The Kier molecular flexibility index (Phi) is 4.75. The van der Waals surface area contributed by atoms with Crippen molar-refractivity contribution in [2.75, 3.05) is 10.6 Å². The molecule has 0 amide bonds. The summed E-state index contributed by atoms with van der Waals surface area (Å²) < 4.78 is 0. The van der Waals surface area contributed by atoms with Crippen molar-refractivity contribution in [1.29, 1.82) is 0 Å². The van der Waals surface area contributed by atoms with Gasteiger partial charge in [0.05, 0.1) is 0 Å². The molecule has 2 N–H and O–H groups in total. The van der Waals surface area contributed by atoms with E-state index >= 15 is 0 Å². The van der Waals surface area contributed by atoms with Gasteiger partial charge in [-0.2, -0.15) is 4.98 Å². The normalized spacial score (nSPS) is 10.5. The smallest absolute Gasteiger partial charge is 0.229 e. The topological polar surface area (TPSA) is 49.8 Å². The van der Waals surface area contributed by atoms with Gasteiger partial charge < -0.3 is 10.6 Å². The number of para-hydroxylation sites is 1. The van der Waals surface area contributed by atoms with E-state index in [9.17, 15) is 0 Å². The van der Waals surface area contributed by atoms with Gasteiger partial charge in [-0.3, -0.25) is 0 Å². The second-order valence-electron chi connectivity index (χ2n) is 5.94. The molecule has 3 aromatic rings. The second-order valence-corrected chi connectivity index (χ2v) is 5.94. The molecule has 1 aromatic heterocycles. The number of rotatable bonds is 5. The Bertz CT molecular complexity index is 843. The first kappa shape index (κ1) is 16.0. The van der Waals surface area contributed by atoms with Crippen LogP contribution in [-0.2, 0) is 6.54 Å². The zero-order valence-electron chi connectivity index (χ0n) is 14.3. The van der Waals surface area contributed by atoms with Crippen LogP contribution in [0.15, 0.2) is 54.6 Å². The van der Waals surface area contributed by atoms with Crippen molar-refractivity contribution in [1.82, 2.24) is 9.97 Å². The molecule has 122 valence electrons. The van der Waals surface area contributed by atoms with Crippen LogP contribution < -0.4 is 10.6 Å². The summed E-state index contributed by atoms with van der Waals surface area (Å²) in [5, 5.41) is 6.69. The number of nitrogens with one attached hydrogen (secondary N) is 2. The first-order valence-electron chi connectivity index (χ1n) is 8.08. The van der Waals surface area contributed by atoms with E-state index in [-0.39, 0.29) is 0 Å². The standard InChI is InChI=1S/C20H22N4/c1-14-8-4-6-10-17(14)13-21-19-12-16(3)22-20(24-19)23-18-11-7-5-9-15(18)2/h4-12H,13H2,1-3H3,(H2,21,22,23,24). The van der Waals surface area contributed by atoms with Gasteiger partial charge in [-0.25, -0.2) is 4.98 Å². The first-order chi connectivity index (χ1) is 11.6. The fraction of sp³-hybridized carbons (Fsp3) is 0.200. The summed E-state index contributed by atoms with van der Waals surface area (Å²) in [6.45, 7) is 6.90. The lowest BCUT2D eigenvalue weighted by atomic mass is 10.1. The number of hydrogen-bond donors (Lipinski definition) is 2. The largest absolute Gasteiger partial charge is 0.366 e. The minimum Gasteiger partial charge on any atom is -0.366 e. The third kappa shape index (κ3) is 3.90. The maximum atomic E-state index is 4.58. The van der Waals surface area contributed by atoms with Gasteiger partial charge in [0.2, 0.25) is 5.95 Å². The van der Waals surface area contributed by atoms with Crippen molar-refractivity contribution in [3.8, 4) is 0 Å². The lowest BCUT2D eigenvalue weighted by Gasteiger charge is -2.12. The molecule has 0 radical (unpaired) electrons. The van der Waals surface area contributed by atoms with Crippen LogP contribution in [0, 0.1) is 20.8 Å². The molecule has 4 heteroatoms. The second kappa shape index (κ2) is 7.13. The Hall–Kier alpha value is -2.88. The molecule has 1 heterocycles. The number of benzene rings is 2. The van der Waals surface area contributed by atoms with Crippen LogP contribution in [-0.4, -0.2) is 9.97 Å². The first-order valence-corrected chi connectivity index (χ1v) is 8.08. The zero-order chi connectivity index (χ0) is 16.9. The minimum absolute atomic E-state index is 0.608. The van der Waals surface area contributed by atoms with Crippen molar-refractivity contribution in [3.63, 3.8) is 0 Å². The molecule has 0 saturated heterocycles. The maximum Gasteiger partial charge on any atom is 0.229 e. The van der Waals surface area contributed by atoms with Crippen LogP contribution in [0.2, 0.25) is 0 Å². The lowest BCUT2D eigenvalue weighted by Crippen LogP contribution is -2.06. The molecule has 4 nitrogen and oxygen atoms in total. The quantitative estimate of drug-likeness (QED) is 0.712. The molecule has 0 aliphatic heterocycles. The van der Waals surface area contributed by atoms with Crippen LogP contribution in [0.5, 0.6) is 0 Å². The molecule has 0 bridgehead atoms. The molecular formula is C20H22N4. The summed E-state index contributed by atoms with van der Waals surface area (Å²) in [4.78, 5) is 9.06. The van der Waals surface area contributed by atoms with Crippen LogP contribution in [0.1, 0.15) is 22.4 Å². The van der Waals surface area contributed by atoms with Crippen molar-refractivity contribution in [3.05, 3.63) is 77.0 Å². The van der Waals surface area contributed by atoms with Crippen LogP contribution >= 0.6 is 0 Å². The van der Waals surface area contributed by atoms with Crippen molar-refractivity contribution in [2.24, 2.45) is 0 Å². The molecule has 24 heavy (non-hydrogen) atoms. The van der Waals surface area contributed by atoms with E-state index in [1.54, 1.807) is 0 Å². The molecule has 0 saturated carbocycles. The van der Waals surface area contributed by atoms with E-state index in [0.717, 1.165) is 29.3 Å². The number of anilines is 3. The van der Waals surface area contributed by atoms with Crippen molar-refractivity contribution < 1.29 is 0 Å². The summed E-state index contributed by atoms with van der Waals surface area (Å²) in [5.41, 5.74) is 5.65. The van der Waals surface area contributed by atoms with Gasteiger partial charge >= 0.3 is 0 Å². The van der Waals surface area contributed by atoms with Crippen LogP contribution in [0.25, 0.3) is 0 Å². The van der Waals surface area contributed by atoms with E-state index < -0.39 is 0 Å². The molecule has 0 aliphatic rings. The molecule has 0 atom stereocenters. The highest BCUT2D eigenvalue weighted by Crippen LogP contribution is 2.19.